The zero-order valence-electron chi connectivity index (χ0n) is 11.4. The third-order valence-electron chi connectivity index (χ3n) is 3.87. The number of rotatable bonds is 4. The van der Waals surface area contributed by atoms with Crippen molar-refractivity contribution in [3.63, 3.8) is 0 Å². The number of nitro benzene ring substituents is 1. The van der Waals surface area contributed by atoms with Gasteiger partial charge in [0.2, 0.25) is 0 Å². The molecule has 6 nitrogen and oxygen atoms in total. The Morgan fingerprint density at radius 2 is 2.10 bits per heavy atom. The topological polar surface area (TPSA) is 83.7 Å². The molecule has 0 spiro atoms. The fraction of sp³-hybridized carbons (Fsp3) is 0.500. The molecule has 20 heavy (non-hydrogen) atoms. The number of benzene rings is 1. The molecule has 1 aliphatic heterocycles. The zero-order valence-corrected chi connectivity index (χ0v) is 11.4. The van der Waals surface area contributed by atoms with Gasteiger partial charge in [-0.05, 0) is 44.0 Å². The van der Waals surface area contributed by atoms with Crippen molar-refractivity contribution < 1.29 is 14.8 Å². The molecule has 1 N–H and O–H groups in total. The Labute approximate surface area is 117 Å². The molecule has 1 heterocycles. The van der Waals surface area contributed by atoms with Crippen molar-refractivity contribution in [1.82, 2.24) is 4.90 Å². The predicted octanol–water partition coefficient (Wildman–Crippen LogP) is 2.20. The average Bonchev–Trinajstić information content (AvgIpc) is 2.41. The van der Waals surface area contributed by atoms with Crippen molar-refractivity contribution in [1.29, 1.82) is 0 Å². The van der Waals surface area contributed by atoms with Crippen molar-refractivity contribution in [2.45, 2.75) is 26.3 Å². The number of hydrogen-bond acceptors (Lipinski definition) is 4. The Morgan fingerprint density at radius 3 is 2.65 bits per heavy atom. The van der Waals surface area contributed by atoms with Gasteiger partial charge in [0.25, 0.3) is 5.69 Å². The third-order valence-corrected chi connectivity index (χ3v) is 3.87. The van der Waals surface area contributed by atoms with Crippen LogP contribution in [0.5, 0.6) is 0 Å². The number of nitro groups is 1. The van der Waals surface area contributed by atoms with E-state index in [1.165, 1.54) is 6.07 Å². The number of non-ortho nitro benzene ring substituents is 1. The number of likely N-dealkylation sites (tertiary alicyclic amines) is 1. The van der Waals surface area contributed by atoms with E-state index in [0.717, 1.165) is 24.2 Å². The maximum Gasteiger partial charge on any atom is 0.306 e. The van der Waals surface area contributed by atoms with Gasteiger partial charge in [0.05, 0.1) is 10.8 Å². The summed E-state index contributed by atoms with van der Waals surface area (Å²) in [7, 11) is 0. The van der Waals surface area contributed by atoms with Crippen molar-refractivity contribution >= 4 is 11.7 Å². The minimum absolute atomic E-state index is 0.103. The summed E-state index contributed by atoms with van der Waals surface area (Å²) in [6.45, 7) is 4.01. The van der Waals surface area contributed by atoms with E-state index < -0.39 is 5.97 Å². The van der Waals surface area contributed by atoms with Crippen molar-refractivity contribution in [2.24, 2.45) is 5.92 Å². The monoisotopic (exact) mass is 278 g/mol. The number of carboxylic acids is 1. The largest absolute Gasteiger partial charge is 0.481 e. The van der Waals surface area contributed by atoms with Gasteiger partial charge in [0.1, 0.15) is 0 Å². The fourth-order valence-electron chi connectivity index (χ4n) is 2.52. The Hall–Kier alpha value is -1.95. The van der Waals surface area contributed by atoms with Crippen LogP contribution >= 0.6 is 0 Å². The predicted molar refractivity (Wildman–Crippen MR) is 73.5 cm³/mol. The van der Waals surface area contributed by atoms with E-state index in [1.807, 2.05) is 6.92 Å². The highest BCUT2D eigenvalue weighted by atomic mass is 16.6. The number of aryl methyl sites for hydroxylation is 1. The van der Waals surface area contributed by atoms with Crippen molar-refractivity contribution in [3.05, 3.63) is 39.4 Å². The highest BCUT2D eigenvalue weighted by Gasteiger charge is 2.24. The lowest BCUT2D eigenvalue weighted by Crippen LogP contribution is -2.36. The van der Waals surface area contributed by atoms with Crippen LogP contribution in [0.25, 0.3) is 0 Å². The number of piperidine rings is 1. The summed E-state index contributed by atoms with van der Waals surface area (Å²) in [4.78, 5) is 23.5. The number of carbonyl (C=O) groups is 1. The van der Waals surface area contributed by atoms with E-state index in [2.05, 4.69) is 4.90 Å². The average molecular weight is 278 g/mol. The van der Waals surface area contributed by atoms with E-state index >= 15 is 0 Å². The molecule has 108 valence electrons. The van der Waals surface area contributed by atoms with E-state index in [9.17, 15) is 14.9 Å². The maximum atomic E-state index is 10.9. The molecule has 0 radical (unpaired) electrons. The Bertz CT molecular complexity index is 522. The summed E-state index contributed by atoms with van der Waals surface area (Å²) >= 11 is 0. The van der Waals surface area contributed by atoms with Gasteiger partial charge in [0, 0.05) is 18.7 Å². The Morgan fingerprint density at radius 1 is 1.45 bits per heavy atom. The molecule has 1 fully saturated rings. The van der Waals surface area contributed by atoms with Gasteiger partial charge in [-0.25, -0.2) is 0 Å². The van der Waals surface area contributed by atoms with Crippen LogP contribution < -0.4 is 0 Å². The van der Waals surface area contributed by atoms with E-state index in [0.29, 0.717) is 19.4 Å². The first kappa shape index (κ1) is 14.5. The fourth-order valence-corrected chi connectivity index (χ4v) is 2.52. The molecule has 0 unspecified atom stereocenters. The minimum atomic E-state index is -0.726. The first-order chi connectivity index (χ1) is 9.47. The van der Waals surface area contributed by atoms with Crippen molar-refractivity contribution in [3.8, 4) is 0 Å². The summed E-state index contributed by atoms with van der Waals surface area (Å²) in [6, 6.07) is 4.88. The summed E-state index contributed by atoms with van der Waals surface area (Å²) in [5, 5.41) is 19.8. The van der Waals surface area contributed by atoms with E-state index in [1.54, 1.807) is 12.1 Å². The number of nitrogens with zero attached hydrogens (tertiary/aromatic N) is 2. The van der Waals surface area contributed by atoms with E-state index in [4.69, 9.17) is 5.11 Å². The van der Waals surface area contributed by atoms with Crippen LogP contribution in [0.1, 0.15) is 24.0 Å². The van der Waals surface area contributed by atoms with Crippen LogP contribution in [0.2, 0.25) is 0 Å². The molecule has 0 aliphatic carbocycles. The molecule has 0 aromatic heterocycles. The lowest BCUT2D eigenvalue weighted by Gasteiger charge is -2.30. The van der Waals surface area contributed by atoms with Gasteiger partial charge in [-0.3, -0.25) is 19.8 Å². The van der Waals surface area contributed by atoms with Gasteiger partial charge >= 0.3 is 5.97 Å². The highest BCUT2D eigenvalue weighted by molar-refractivity contribution is 5.70. The Kier molecular flexibility index (Phi) is 4.34. The molecule has 1 aromatic carbocycles. The smallest absolute Gasteiger partial charge is 0.306 e. The van der Waals surface area contributed by atoms with Gasteiger partial charge in [0.15, 0.2) is 0 Å². The number of hydrogen-bond donors (Lipinski definition) is 1. The second-order valence-corrected chi connectivity index (χ2v) is 5.26. The van der Waals surface area contributed by atoms with Crippen LogP contribution in [0.4, 0.5) is 5.69 Å². The van der Waals surface area contributed by atoms with Gasteiger partial charge < -0.3 is 5.11 Å². The molecule has 0 atom stereocenters. The summed E-state index contributed by atoms with van der Waals surface area (Å²) < 4.78 is 0. The maximum absolute atomic E-state index is 10.9. The second kappa shape index (κ2) is 6.00. The quantitative estimate of drug-likeness (QED) is 0.674. The van der Waals surface area contributed by atoms with Crippen molar-refractivity contribution in [2.75, 3.05) is 13.1 Å². The van der Waals surface area contributed by atoms with Gasteiger partial charge in [-0.1, -0.05) is 6.07 Å². The SMILES string of the molecule is Cc1ccc([N+](=O)[O-])cc1CN1CCC(C(=O)O)CC1. The second-order valence-electron chi connectivity index (χ2n) is 5.26. The lowest BCUT2D eigenvalue weighted by molar-refractivity contribution is -0.384. The first-order valence-corrected chi connectivity index (χ1v) is 6.66. The first-order valence-electron chi connectivity index (χ1n) is 6.66. The van der Waals surface area contributed by atoms with Gasteiger partial charge in [-0.2, -0.15) is 0 Å². The van der Waals surface area contributed by atoms with Gasteiger partial charge in [-0.15, -0.1) is 0 Å². The molecule has 1 saturated heterocycles. The molecular weight excluding hydrogens is 260 g/mol. The highest BCUT2D eigenvalue weighted by Crippen LogP contribution is 2.22. The summed E-state index contributed by atoms with van der Waals surface area (Å²) in [6.07, 6.45) is 1.28. The molecule has 2 rings (SSSR count). The number of carboxylic acid groups (broad SMARTS) is 1. The molecule has 6 heteroatoms. The summed E-state index contributed by atoms with van der Waals surface area (Å²) in [5.74, 6) is -0.978. The molecule has 1 aliphatic rings. The van der Waals surface area contributed by atoms with Crippen LogP contribution in [0, 0.1) is 23.0 Å². The van der Waals surface area contributed by atoms with Crippen LogP contribution in [0.3, 0.4) is 0 Å². The molecule has 0 bridgehead atoms. The van der Waals surface area contributed by atoms with Crippen LogP contribution in [-0.2, 0) is 11.3 Å². The molecular formula is C14H18N2O4. The summed E-state index contributed by atoms with van der Waals surface area (Å²) in [5.41, 5.74) is 2.06. The van der Waals surface area contributed by atoms with E-state index in [-0.39, 0.29) is 16.5 Å². The standard InChI is InChI=1S/C14H18N2O4/c1-10-2-3-13(16(19)20)8-12(10)9-15-6-4-11(5-7-15)14(17)18/h2-3,8,11H,4-7,9H2,1H3,(H,17,18). The molecule has 0 saturated carbocycles. The zero-order chi connectivity index (χ0) is 14.7. The minimum Gasteiger partial charge on any atom is -0.481 e. The molecule has 1 aromatic rings. The number of aliphatic carboxylic acids is 1. The van der Waals surface area contributed by atoms with Crippen LogP contribution in [0.15, 0.2) is 18.2 Å². The molecule has 0 amide bonds. The Balaban J connectivity index is 2.02. The van der Waals surface area contributed by atoms with Crippen LogP contribution in [-0.4, -0.2) is 34.0 Å². The third kappa shape index (κ3) is 3.33. The lowest BCUT2D eigenvalue weighted by atomic mass is 9.96. The normalized spacial score (nSPS) is 17.1.